The van der Waals surface area contributed by atoms with Gasteiger partial charge in [0.1, 0.15) is 6.73 Å². The van der Waals surface area contributed by atoms with Crippen LogP contribution >= 0.6 is 23.4 Å². The number of nitrogens with zero attached hydrogens (tertiary/aromatic N) is 2. The largest absolute Gasteiger partial charge is 0.366 e. The predicted molar refractivity (Wildman–Crippen MR) is 85.1 cm³/mol. The molecule has 1 aliphatic heterocycles. The minimum atomic E-state index is -1.45. The lowest BCUT2D eigenvalue weighted by molar-refractivity contribution is 0.0666. The molecular weight excluding hydrogens is 325 g/mol. The number of carbonyl (C=O) groups excluding carboxylic acids is 1. The number of rotatable bonds is 3. The van der Waals surface area contributed by atoms with Crippen molar-refractivity contribution in [2.24, 2.45) is 5.73 Å². The van der Waals surface area contributed by atoms with Crippen molar-refractivity contribution in [1.29, 1.82) is 0 Å². The Labute approximate surface area is 137 Å². The Kier molecular flexibility index (Phi) is 3.97. The van der Waals surface area contributed by atoms with Crippen molar-refractivity contribution < 1.29 is 9.53 Å². The molecule has 2 N–H and O–H groups in total. The molecule has 0 spiro atoms. The van der Waals surface area contributed by atoms with Crippen LogP contribution in [0.25, 0.3) is 0 Å². The van der Waals surface area contributed by atoms with E-state index in [1.165, 1.54) is 4.53 Å². The lowest BCUT2D eigenvalue weighted by Gasteiger charge is -2.34. The maximum atomic E-state index is 11.7. The predicted octanol–water partition coefficient (Wildman–Crippen LogP) is 3.00. The number of nitrogens with two attached hydrogens (primary N) is 1. The molecule has 1 saturated heterocycles. The number of para-hydroxylation sites is 1. The van der Waals surface area contributed by atoms with Crippen molar-refractivity contribution in [3.05, 3.63) is 65.7 Å². The number of hydrazine groups is 1. The van der Waals surface area contributed by atoms with E-state index in [4.69, 9.17) is 33.8 Å². The number of hydrogen-bond acceptors (Lipinski definition) is 4. The molecule has 1 amide bonds. The molecule has 0 aliphatic carbocycles. The summed E-state index contributed by atoms with van der Waals surface area (Å²) in [4.78, 5) is 11.7. The molecule has 0 saturated carbocycles. The van der Waals surface area contributed by atoms with Crippen molar-refractivity contribution in [3.8, 4) is 0 Å². The number of halogens is 2. The van der Waals surface area contributed by atoms with Gasteiger partial charge in [-0.25, -0.2) is 5.01 Å². The number of alkyl halides is 1. The second kappa shape index (κ2) is 5.78. The average molecular weight is 338 g/mol. The summed E-state index contributed by atoms with van der Waals surface area (Å²) in [5.41, 5.74) is 6.89. The standard InChI is InChI=1S/C15H13Cl2N3O2/c16-15(13-9-5-4-8-12(13)14(18)21)20(19(17)10-22-15)11-6-2-1-3-7-11/h1-9H,10H2,(H2,18,21). The highest BCUT2D eigenvalue weighted by Crippen LogP contribution is 2.45. The number of anilines is 1. The SMILES string of the molecule is NC(=O)c1ccccc1C1(Cl)OCN(Cl)N1c1ccccc1. The number of primary amides is 1. The van der Waals surface area contributed by atoms with Crippen LogP contribution in [-0.2, 0) is 9.92 Å². The van der Waals surface area contributed by atoms with Crippen LogP contribution in [-0.4, -0.2) is 17.2 Å². The van der Waals surface area contributed by atoms with E-state index in [9.17, 15) is 4.79 Å². The fraction of sp³-hybridized carbons (Fsp3) is 0.133. The maximum absolute atomic E-state index is 11.7. The molecule has 1 aliphatic rings. The molecular formula is C15H13Cl2N3O2. The topological polar surface area (TPSA) is 58.8 Å². The van der Waals surface area contributed by atoms with E-state index < -0.39 is 11.1 Å². The van der Waals surface area contributed by atoms with Gasteiger partial charge >= 0.3 is 0 Å². The van der Waals surface area contributed by atoms with E-state index in [1.807, 2.05) is 30.3 Å². The van der Waals surface area contributed by atoms with Gasteiger partial charge in [0.25, 0.3) is 5.18 Å². The molecule has 1 atom stereocenters. The molecule has 2 aromatic rings. The Bertz CT molecular complexity index is 698. The third kappa shape index (κ3) is 2.42. The van der Waals surface area contributed by atoms with Gasteiger partial charge < -0.3 is 10.5 Å². The average Bonchev–Trinajstić information content (AvgIpc) is 2.84. The molecule has 7 heteroatoms. The van der Waals surface area contributed by atoms with Gasteiger partial charge in [-0.15, -0.1) is 4.53 Å². The van der Waals surface area contributed by atoms with Crippen molar-refractivity contribution >= 4 is 35.0 Å². The van der Waals surface area contributed by atoms with Crippen molar-refractivity contribution in [2.45, 2.75) is 5.18 Å². The van der Waals surface area contributed by atoms with Crippen LogP contribution in [0, 0.1) is 0 Å². The zero-order chi connectivity index (χ0) is 15.7. The van der Waals surface area contributed by atoms with Gasteiger partial charge in [-0.05, 0) is 18.2 Å². The van der Waals surface area contributed by atoms with Gasteiger partial charge in [0.05, 0.1) is 5.69 Å². The molecule has 1 unspecified atom stereocenters. The molecule has 22 heavy (non-hydrogen) atoms. The molecule has 114 valence electrons. The Balaban J connectivity index is 2.14. The summed E-state index contributed by atoms with van der Waals surface area (Å²) in [6.45, 7) is 0.0625. The summed E-state index contributed by atoms with van der Waals surface area (Å²) in [6, 6.07) is 16.0. The van der Waals surface area contributed by atoms with Gasteiger partial charge in [0.2, 0.25) is 5.91 Å². The lowest BCUT2D eigenvalue weighted by atomic mass is 10.0. The van der Waals surface area contributed by atoms with Crippen LogP contribution in [0.15, 0.2) is 54.6 Å². The van der Waals surface area contributed by atoms with E-state index >= 15 is 0 Å². The van der Waals surface area contributed by atoms with Gasteiger partial charge in [0, 0.05) is 22.9 Å². The molecule has 5 nitrogen and oxygen atoms in total. The minimum Gasteiger partial charge on any atom is -0.366 e. The highest BCUT2D eigenvalue weighted by atomic mass is 35.5. The first-order chi connectivity index (χ1) is 10.5. The van der Waals surface area contributed by atoms with Gasteiger partial charge in [-0.3, -0.25) is 4.79 Å². The first-order valence-corrected chi connectivity index (χ1v) is 7.26. The maximum Gasteiger partial charge on any atom is 0.263 e. The van der Waals surface area contributed by atoms with Gasteiger partial charge in [-0.2, -0.15) is 0 Å². The van der Waals surface area contributed by atoms with Crippen LogP contribution in [0.3, 0.4) is 0 Å². The van der Waals surface area contributed by atoms with Crippen LogP contribution in [0.5, 0.6) is 0 Å². The van der Waals surface area contributed by atoms with Crippen LogP contribution in [0.1, 0.15) is 15.9 Å². The van der Waals surface area contributed by atoms with Crippen molar-refractivity contribution in [2.75, 3.05) is 11.7 Å². The molecule has 0 bridgehead atoms. The fourth-order valence-electron chi connectivity index (χ4n) is 2.42. The summed E-state index contributed by atoms with van der Waals surface area (Å²) in [7, 11) is 0. The lowest BCUT2D eigenvalue weighted by Crippen LogP contribution is -2.43. The Morgan fingerprint density at radius 3 is 2.45 bits per heavy atom. The normalized spacial score (nSPS) is 22.0. The molecule has 3 rings (SSSR count). The number of ether oxygens (including phenoxy) is 1. The zero-order valence-electron chi connectivity index (χ0n) is 11.4. The quantitative estimate of drug-likeness (QED) is 0.531. The van der Waals surface area contributed by atoms with Crippen molar-refractivity contribution in [1.82, 2.24) is 4.53 Å². The number of hydrogen-bond donors (Lipinski definition) is 1. The number of amides is 1. The Hall–Kier alpha value is -1.79. The summed E-state index contributed by atoms with van der Waals surface area (Å²) >= 11 is 12.9. The third-order valence-corrected chi connectivity index (χ3v) is 4.10. The van der Waals surface area contributed by atoms with Gasteiger partial charge in [-0.1, -0.05) is 48.0 Å². The van der Waals surface area contributed by atoms with E-state index in [0.717, 1.165) is 5.69 Å². The smallest absolute Gasteiger partial charge is 0.263 e. The van der Waals surface area contributed by atoms with Crippen LogP contribution in [0.4, 0.5) is 5.69 Å². The van der Waals surface area contributed by atoms with E-state index in [1.54, 1.807) is 29.3 Å². The molecule has 2 aromatic carbocycles. The second-order valence-electron chi connectivity index (χ2n) is 4.73. The van der Waals surface area contributed by atoms with Crippen molar-refractivity contribution in [3.63, 3.8) is 0 Å². The highest BCUT2D eigenvalue weighted by Gasteiger charge is 2.48. The third-order valence-electron chi connectivity index (χ3n) is 3.38. The molecule has 1 heterocycles. The second-order valence-corrected chi connectivity index (χ2v) is 5.63. The first kappa shape index (κ1) is 15.1. The summed E-state index contributed by atoms with van der Waals surface area (Å²) < 4.78 is 6.99. The van der Waals surface area contributed by atoms with Crippen LogP contribution < -0.4 is 10.7 Å². The van der Waals surface area contributed by atoms with Gasteiger partial charge in [0.15, 0.2) is 0 Å². The molecule has 0 aromatic heterocycles. The Morgan fingerprint density at radius 2 is 1.77 bits per heavy atom. The zero-order valence-corrected chi connectivity index (χ0v) is 13.0. The summed E-state index contributed by atoms with van der Waals surface area (Å²) in [6.07, 6.45) is 0. The van der Waals surface area contributed by atoms with Crippen LogP contribution in [0.2, 0.25) is 0 Å². The summed E-state index contributed by atoms with van der Waals surface area (Å²) in [5, 5.41) is 0.118. The fourth-order valence-corrected chi connectivity index (χ4v) is 3.10. The minimum absolute atomic E-state index is 0.0625. The van der Waals surface area contributed by atoms with E-state index in [0.29, 0.717) is 5.56 Å². The van der Waals surface area contributed by atoms with E-state index in [2.05, 4.69) is 0 Å². The number of carbonyl (C=O) groups is 1. The number of benzene rings is 2. The highest BCUT2D eigenvalue weighted by molar-refractivity contribution is 6.26. The monoisotopic (exact) mass is 337 g/mol. The Morgan fingerprint density at radius 1 is 1.14 bits per heavy atom. The van der Waals surface area contributed by atoms with E-state index in [-0.39, 0.29) is 12.3 Å². The molecule has 0 radical (unpaired) electrons. The summed E-state index contributed by atoms with van der Waals surface area (Å²) in [5.74, 6) is -0.583. The molecule has 1 fully saturated rings. The first-order valence-electron chi connectivity index (χ1n) is 6.55.